The molecular weight excluding hydrogens is 340 g/mol. The van der Waals surface area contributed by atoms with Crippen molar-refractivity contribution in [1.29, 1.82) is 0 Å². The van der Waals surface area contributed by atoms with E-state index in [0.29, 0.717) is 17.7 Å². The SMILES string of the molecule is CCC(=O)Nc1ccc(NC(=O)c2cccnc2N2CCCCC2)cc1C. The highest BCUT2D eigenvalue weighted by Gasteiger charge is 2.19. The van der Waals surface area contributed by atoms with Crippen LogP contribution in [0.3, 0.4) is 0 Å². The van der Waals surface area contributed by atoms with Crippen molar-refractivity contribution in [3.05, 3.63) is 47.7 Å². The first-order valence-corrected chi connectivity index (χ1v) is 9.50. The van der Waals surface area contributed by atoms with Crippen LogP contribution in [0, 0.1) is 6.92 Å². The first kappa shape index (κ1) is 18.9. The predicted octanol–water partition coefficient (Wildman–Crippen LogP) is 3.98. The number of carbonyl (C=O) groups excluding carboxylic acids is 2. The predicted molar refractivity (Wildman–Crippen MR) is 108 cm³/mol. The summed E-state index contributed by atoms with van der Waals surface area (Å²) >= 11 is 0. The number of benzene rings is 1. The first-order valence-electron chi connectivity index (χ1n) is 9.50. The molecule has 27 heavy (non-hydrogen) atoms. The Balaban J connectivity index is 1.76. The molecule has 1 aliphatic heterocycles. The van der Waals surface area contributed by atoms with Gasteiger partial charge in [-0.05, 0) is 62.1 Å². The second-order valence-electron chi connectivity index (χ2n) is 6.81. The molecule has 1 aliphatic rings. The minimum absolute atomic E-state index is 0.0311. The molecule has 0 spiro atoms. The summed E-state index contributed by atoms with van der Waals surface area (Å²) in [4.78, 5) is 31.1. The van der Waals surface area contributed by atoms with E-state index >= 15 is 0 Å². The Morgan fingerprint density at radius 1 is 1.11 bits per heavy atom. The molecule has 1 aromatic heterocycles. The summed E-state index contributed by atoms with van der Waals surface area (Å²) in [6, 6.07) is 9.08. The number of piperidine rings is 1. The van der Waals surface area contributed by atoms with Crippen LogP contribution in [0.15, 0.2) is 36.5 Å². The van der Waals surface area contributed by atoms with Crippen LogP contribution in [0.25, 0.3) is 0 Å². The van der Waals surface area contributed by atoms with Crippen LogP contribution in [0.2, 0.25) is 0 Å². The van der Waals surface area contributed by atoms with Gasteiger partial charge in [0.05, 0.1) is 5.56 Å². The van der Waals surface area contributed by atoms with Gasteiger partial charge in [0.15, 0.2) is 0 Å². The highest BCUT2D eigenvalue weighted by molar-refractivity contribution is 6.07. The molecule has 0 saturated carbocycles. The number of rotatable bonds is 5. The maximum atomic E-state index is 12.9. The fourth-order valence-electron chi connectivity index (χ4n) is 3.25. The Morgan fingerprint density at radius 2 is 1.89 bits per heavy atom. The molecule has 0 radical (unpaired) electrons. The Bertz CT molecular complexity index is 829. The zero-order valence-corrected chi connectivity index (χ0v) is 15.9. The number of pyridine rings is 1. The number of hydrogen-bond donors (Lipinski definition) is 2. The first-order chi connectivity index (χ1) is 13.1. The number of nitrogens with zero attached hydrogens (tertiary/aromatic N) is 2. The lowest BCUT2D eigenvalue weighted by Gasteiger charge is -2.29. The summed E-state index contributed by atoms with van der Waals surface area (Å²) < 4.78 is 0. The summed E-state index contributed by atoms with van der Waals surface area (Å²) in [7, 11) is 0. The van der Waals surface area contributed by atoms with E-state index in [4.69, 9.17) is 0 Å². The molecule has 142 valence electrons. The summed E-state index contributed by atoms with van der Waals surface area (Å²) in [5.41, 5.74) is 2.94. The zero-order chi connectivity index (χ0) is 19.2. The van der Waals surface area contributed by atoms with Crippen molar-refractivity contribution >= 4 is 29.0 Å². The van der Waals surface area contributed by atoms with E-state index in [2.05, 4.69) is 20.5 Å². The van der Waals surface area contributed by atoms with Crippen molar-refractivity contribution in [3.8, 4) is 0 Å². The minimum atomic E-state index is -0.173. The third-order valence-electron chi connectivity index (χ3n) is 4.77. The summed E-state index contributed by atoms with van der Waals surface area (Å²) in [5.74, 6) is 0.545. The molecule has 0 aliphatic carbocycles. The Kier molecular flexibility index (Phi) is 6.06. The number of aryl methyl sites for hydroxylation is 1. The van der Waals surface area contributed by atoms with Gasteiger partial charge in [0, 0.05) is 37.1 Å². The second-order valence-corrected chi connectivity index (χ2v) is 6.81. The Labute approximate surface area is 160 Å². The molecule has 2 heterocycles. The Morgan fingerprint density at radius 3 is 2.59 bits per heavy atom. The fraction of sp³-hybridized carbons (Fsp3) is 0.381. The number of hydrogen-bond acceptors (Lipinski definition) is 4. The summed E-state index contributed by atoms with van der Waals surface area (Å²) in [5, 5.41) is 5.81. The molecule has 1 saturated heterocycles. The smallest absolute Gasteiger partial charge is 0.259 e. The largest absolute Gasteiger partial charge is 0.356 e. The third kappa shape index (κ3) is 4.64. The fourth-order valence-corrected chi connectivity index (χ4v) is 3.25. The average Bonchev–Trinajstić information content (AvgIpc) is 2.70. The number of carbonyl (C=O) groups is 2. The molecule has 2 aromatic rings. The van der Waals surface area contributed by atoms with Crippen molar-refractivity contribution < 1.29 is 9.59 Å². The molecular formula is C21H26N4O2. The second kappa shape index (κ2) is 8.66. The van der Waals surface area contributed by atoms with Gasteiger partial charge in [0.2, 0.25) is 5.91 Å². The molecule has 2 amide bonds. The van der Waals surface area contributed by atoms with Crippen molar-refractivity contribution in [1.82, 2.24) is 4.98 Å². The molecule has 6 nitrogen and oxygen atoms in total. The van der Waals surface area contributed by atoms with E-state index in [-0.39, 0.29) is 11.8 Å². The van der Waals surface area contributed by atoms with Crippen LogP contribution < -0.4 is 15.5 Å². The van der Waals surface area contributed by atoms with Crippen LogP contribution in [0.5, 0.6) is 0 Å². The van der Waals surface area contributed by atoms with Gasteiger partial charge >= 0.3 is 0 Å². The Hall–Kier alpha value is -2.89. The number of aromatic nitrogens is 1. The highest BCUT2D eigenvalue weighted by atomic mass is 16.2. The maximum Gasteiger partial charge on any atom is 0.259 e. The minimum Gasteiger partial charge on any atom is -0.356 e. The molecule has 3 rings (SSSR count). The molecule has 0 unspecified atom stereocenters. The molecule has 6 heteroatoms. The number of anilines is 3. The standard InChI is InChI=1S/C21H26N4O2/c1-3-19(26)24-18-10-9-16(14-15(18)2)23-21(27)17-8-7-11-22-20(17)25-12-5-4-6-13-25/h7-11,14H,3-6,12-13H2,1-2H3,(H,23,27)(H,24,26). The van der Waals surface area contributed by atoms with E-state index in [1.165, 1.54) is 6.42 Å². The van der Waals surface area contributed by atoms with Gasteiger partial charge in [-0.3, -0.25) is 9.59 Å². The lowest BCUT2D eigenvalue weighted by atomic mass is 10.1. The monoisotopic (exact) mass is 366 g/mol. The van der Waals surface area contributed by atoms with Crippen LogP contribution in [-0.2, 0) is 4.79 Å². The zero-order valence-electron chi connectivity index (χ0n) is 15.9. The lowest BCUT2D eigenvalue weighted by molar-refractivity contribution is -0.115. The molecule has 1 aromatic carbocycles. The highest BCUT2D eigenvalue weighted by Crippen LogP contribution is 2.24. The number of amides is 2. The van der Waals surface area contributed by atoms with E-state index in [1.54, 1.807) is 18.3 Å². The maximum absolute atomic E-state index is 12.9. The average molecular weight is 366 g/mol. The molecule has 0 atom stereocenters. The van der Waals surface area contributed by atoms with Gasteiger partial charge < -0.3 is 15.5 Å². The van der Waals surface area contributed by atoms with Crippen molar-refractivity contribution in [3.63, 3.8) is 0 Å². The van der Waals surface area contributed by atoms with Gasteiger partial charge in [-0.1, -0.05) is 6.92 Å². The normalized spacial score (nSPS) is 13.9. The lowest BCUT2D eigenvalue weighted by Crippen LogP contribution is -2.32. The van der Waals surface area contributed by atoms with E-state index in [9.17, 15) is 9.59 Å². The van der Waals surface area contributed by atoms with Gasteiger partial charge in [-0.25, -0.2) is 4.98 Å². The molecule has 2 N–H and O–H groups in total. The topological polar surface area (TPSA) is 74.3 Å². The van der Waals surface area contributed by atoms with Gasteiger partial charge in [0.25, 0.3) is 5.91 Å². The van der Waals surface area contributed by atoms with Gasteiger partial charge in [0.1, 0.15) is 5.82 Å². The molecule has 1 fully saturated rings. The summed E-state index contributed by atoms with van der Waals surface area (Å²) in [6.07, 6.45) is 5.64. The van der Waals surface area contributed by atoms with E-state index in [0.717, 1.165) is 43.0 Å². The third-order valence-corrected chi connectivity index (χ3v) is 4.77. The van der Waals surface area contributed by atoms with Gasteiger partial charge in [-0.15, -0.1) is 0 Å². The molecule has 0 bridgehead atoms. The van der Waals surface area contributed by atoms with Crippen LogP contribution in [-0.4, -0.2) is 29.9 Å². The number of nitrogens with one attached hydrogen (secondary N) is 2. The van der Waals surface area contributed by atoms with Gasteiger partial charge in [-0.2, -0.15) is 0 Å². The van der Waals surface area contributed by atoms with Crippen molar-refractivity contribution in [2.24, 2.45) is 0 Å². The quantitative estimate of drug-likeness (QED) is 0.839. The van der Waals surface area contributed by atoms with Crippen LogP contribution >= 0.6 is 0 Å². The van der Waals surface area contributed by atoms with E-state index < -0.39 is 0 Å². The van der Waals surface area contributed by atoms with Crippen LogP contribution in [0.4, 0.5) is 17.2 Å². The van der Waals surface area contributed by atoms with Crippen molar-refractivity contribution in [2.75, 3.05) is 28.6 Å². The van der Waals surface area contributed by atoms with Crippen LogP contribution in [0.1, 0.15) is 48.5 Å². The van der Waals surface area contributed by atoms with E-state index in [1.807, 2.05) is 32.0 Å². The summed E-state index contributed by atoms with van der Waals surface area (Å²) in [6.45, 7) is 5.59. The van der Waals surface area contributed by atoms with Crippen molar-refractivity contribution in [2.45, 2.75) is 39.5 Å².